The van der Waals surface area contributed by atoms with Crippen LogP contribution in [0.15, 0.2) is 83.0 Å². The molecule has 1 aromatic heterocycles. The van der Waals surface area contributed by atoms with E-state index in [0.717, 1.165) is 39.1 Å². The average Bonchev–Trinajstić information content (AvgIpc) is 3.33. The van der Waals surface area contributed by atoms with E-state index in [2.05, 4.69) is 22.6 Å². The summed E-state index contributed by atoms with van der Waals surface area (Å²) in [4.78, 5) is 19.8. The average molecular weight is 465 g/mol. The molecule has 1 aliphatic rings. The largest absolute Gasteiger partial charge is 0.334 e. The molecule has 6 nitrogen and oxygen atoms in total. The van der Waals surface area contributed by atoms with E-state index in [9.17, 15) is 4.79 Å². The number of carbonyl (C=O) groups excluding carboxylic acids is 1. The van der Waals surface area contributed by atoms with E-state index in [-0.39, 0.29) is 6.03 Å². The third kappa shape index (κ3) is 4.60. The molecule has 176 valence electrons. The third-order valence-electron chi connectivity index (χ3n) is 6.43. The molecule has 0 radical (unpaired) electrons. The van der Waals surface area contributed by atoms with Gasteiger partial charge in [0.2, 0.25) is 5.82 Å². The number of aromatic nitrogens is 2. The fourth-order valence-corrected chi connectivity index (χ4v) is 4.29. The molecule has 0 spiro atoms. The molecule has 2 heterocycles. The number of carbonyl (C=O) groups is 1. The van der Waals surface area contributed by atoms with Crippen molar-refractivity contribution >= 4 is 11.6 Å². The molecule has 0 saturated carbocycles. The standard InChI is InChI=1S/C29H28N4O2/c1-18-5-11-22(12-6-18)17-33-21(4)25(26(30-29(33)34)23-13-7-19(2)8-14-23)28-31-27(32-35-28)24-15-9-20(3)10-16-24/h5-16,26H,17H2,1-4H3,(H,30,34). The summed E-state index contributed by atoms with van der Waals surface area (Å²) in [6.07, 6.45) is 0. The maximum absolute atomic E-state index is 13.3. The van der Waals surface area contributed by atoms with Gasteiger partial charge in [0.25, 0.3) is 5.89 Å². The smallest absolute Gasteiger partial charge is 0.322 e. The van der Waals surface area contributed by atoms with Crippen LogP contribution in [0.5, 0.6) is 0 Å². The fraction of sp³-hybridized carbons (Fsp3) is 0.207. The van der Waals surface area contributed by atoms with Crippen molar-refractivity contribution in [3.8, 4) is 11.4 Å². The van der Waals surface area contributed by atoms with Crippen LogP contribution in [0.4, 0.5) is 4.79 Å². The minimum Gasteiger partial charge on any atom is -0.334 e. The van der Waals surface area contributed by atoms with Gasteiger partial charge in [-0.15, -0.1) is 0 Å². The highest BCUT2D eigenvalue weighted by atomic mass is 16.5. The topological polar surface area (TPSA) is 71.3 Å². The highest BCUT2D eigenvalue weighted by molar-refractivity contribution is 5.86. The highest BCUT2D eigenvalue weighted by Crippen LogP contribution is 2.38. The first-order valence-corrected chi connectivity index (χ1v) is 11.7. The first-order chi connectivity index (χ1) is 16.9. The van der Waals surface area contributed by atoms with Gasteiger partial charge in [-0.2, -0.15) is 4.98 Å². The summed E-state index contributed by atoms with van der Waals surface area (Å²) in [5.74, 6) is 0.919. The number of hydrogen-bond donors (Lipinski definition) is 1. The van der Waals surface area contributed by atoms with E-state index in [0.29, 0.717) is 18.3 Å². The second kappa shape index (κ2) is 9.22. The lowest BCUT2D eigenvalue weighted by molar-refractivity contribution is 0.203. The van der Waals surface area contributed by atoms with Crippen LogP contribution in [0.1, 0.15) is 46.7 Å². The zero-order valence-electron chi connectivity index (χ0n) is 20.4. The Morgan fingerprint density at radius 3 is 2.03 bits per heavy atom. The third-order valence-corrected chi connectivity index (χ3v) is 6.43. The predicted octanol–water partition coefficient (Wildman–Crippen LogP) is 6.36. The summed E-state index contributed by atoms with van der Waals surface area (Å²) in [5, 5.41) is 7.42. The van der Waals surface area contributed by atoms with E-state index in [1.54, 1.807) is 4.90 Å². The Hall–Kier alpha value is -4.19. The molecule has 1 aliphatic heterocycles. The molecule has 0 saturated heterocycles. The van der Waals surface area contributed by atoms with Crippen molar-refractivity contribution in [3.63, 3.8) is 0 Å². The number of amides is 2. The number of benzene rings is 3. The van der Waals surface area contributed by atoms with Gasteiger partial charge in [-0.1, -0.05) is 94.6 Å². The summed E-state index contributed by atoms with van der Waals surface area (Å²) < 4.78 is 5.79. The molecule has 4 aromatic rings. The molecule has 1 unspecified atom stereocenters. The molecule has 2 amide bonds. The quantitative estimate of drug-likeness (QED) is 0.373. The molecular formula is C29H28N4O2. The zero-order chi connectivity index (χ0) is 24.5. The molecule has 0 bridgehead atoms. The fourth-order valence-electron chi connectivity index (χ4n) is 4.29. The maximum Gasteiger partial charge on any atom is 0.322 e. The molecule has 5 rings (SSSR count). The Morgan fingerprint density at radius 2 is 1.40 bits per heavy atom. The summed E-state index contributed by atoms with van der Waals surface area (Å²) >= 11 is 0. The van der Waals surface area contributed by atoms with E-state index < -0.39 is 6.04 Å². The lowest BCUT2D eigenvalue weighted by Crippen LogP contribution is -2.45. The van der Waals surface area contributed by atoms with Gasteiger partial charge in [-0.3, -0.25) is 4.90 Å². The highest BCUT2D eigenvalue weighted by Gasteiger charge is 2.35. The van der Waals surface area contributed by atoms with Crippen LogP contribution in [0, 0.1) is 20.8 Å². The molecule has 0 fully saturated rings. The van der Waals surface area contributed by atoms with Crippen molar-refractivity contribution in [1.82, 2.24) is 20.4 Å². The summed E-state index contributed by atoms with van der Waals surface area (Å²) in [7, 11) is 0. The maximum atomic E-state index is 13.3. The second-order valence-electron chi connectivity index (χ2n) is 9.15. The van der Waals surface area contributed by atoms with E-state index in [1.165, 1.54) is 5.56 Å². The van der Waals surface area contributed by atoms with Gasteiger partial charge in [-0.25, -0.2) is 4.79 Å². The van der Waals surface area contributed by atoms with Crippen LogP contribution in [0.2, 0.25) is 0 Å². The molecule has 3 aromatic carbocycles. The Morgan fingerprint density at radius 1 is 0.829 bits per heavy atom. The number of nitrogens with one attached hydrogen (secondary N) is 1. The normalized spacial score (nSPS) is 15.9. The lowest BCUT2D eigenvalue weighted by Gasteiger charge is -2.35. The minimum atomic E-state index is -0.399. The van der Waals surface area contributed by atoms with Crippen LogP contribution >= 0.6 is 0 Å². The van der Waals surface area contributed by atoms with Gasteiger partial charge in [0, 0.05) is 11.3 Å². The van der Waals surface area contributed by atoms with Gasteiger partial charge in [-0.05, 0) is 38.8 Å². The predicted molar refractivity (Wildman–Crippen MR) is 136 cm³/mol. The molecule has 1 atom stereocenters. The zero-order valence-corrected chi connectivity index (χ0v) is 20.4. The number of aryl methyl sites for hydroxylation is 3. The summed E-state index contributed by atoms with van der Waals surface area (Å²) in [6.45, 7) is 8.52. The summed E-state index contributed by atoms with van der Waals surface area (Å²) in [6, 6.07) is 23.8. The van der Waals surface area contributed by atoms with Crippen molar-refractivity contribution in [3.05, 3.63) is 112 Å². The Bertz CT molecular complexity index is 1380. The van der Waals surface area contributed by atoms with Crippen LogP contribution in [0.25, 0.3) is 17.0 Å². The van der Waals surface area contributed by atoms with Crippen molar-refractivity contribution in [2.24, 2.45) is 0 Å². The molecule has 1 N–H and O–H groups in total. The SMILES string of the molecule is CC1=C(c2nc(-c3ccc(C)cc3)no2)C(c2ccc(C)cc2)NC(=O)N1Cc1ccc(C)cc1. The number of nitrogens with zero attached hydrogens (tertiary/aromatic N) is 3. The Balaban J connectivity index is 1.58. The number of allylic oxidation sites excluding steroid dienone is 1. The van der Waals surface area contributed by atoms with Crippen molar-refractivity contribution in [2.75, 3.05) is 0 Å². The van der Waals surface area contributed by atoms with Gasteiger partial charge in [0.1, 0.15) is 0 Å². The van der Waals surface area contributed by atoms with Gasteiger partial charge >= 0.3 is 6.03 Å². The van der Waals surface area contributed by atoms with Crippen molar-refractivity contribution in [2.45, 2.75) is 40.3 Å². The van der Waals surface area contributed by atoms with Crippen molar-refractivity contribution < 1.29 is 9.32 Å². The summed E-state index contributed by atoms with van der Waals surface area (Å²) in [5.41, 5.74) is 7.97. The van der Waals surface area contributed by atoms with Crippen LogP contribution in [-0.4, -0.2) is 21.1 Å². The Labute approximate surface area is 205 Å². The Kier molecular flexibility index (Phi) is 5.95. The molecule has 6 heteroatoms. The van der Waals surface area contributed by atoms with Crippen molar-refractivity contribution in [1.29, 1.82) is 0 Å². The van der Waals surface area contributed by atoms with Gasteiger partial charge < -0.3 is 9.84 Å². The lowest BCUT2D eigenvalue weighted by atomic mass is 9.94. The van der Waals surface area contributed by atoms with E-state index in [1.807, 2.05) is 88.4 Å². The van der Waals surface area contributed by atoms with Crippen LogP contribution in [-0.2, 0) is 6.54 Å². The second-order valence-corrected chi connectivity index (χ2v) is 9.15. The minimum absolute atomic E-state index is 0.157. The van der Waals surface area contributed by atoms with Gasteiger partial charge in [0.15, 0.2) is 0 Å². The molecule has 35 heavy (non-hydrogen) atoms. The van der Waals surface area contributed by atoms with Crippen LogP contribution in [0.3, 0.4) is 0 Å². The number of rotatable bonds is 5. The first-order valence-electron chi connectivity index (χ1n) is 11.7. The monoisotopic (exact) mass is 464 g/mol. The number of hydrogen-bond acceptors (Lipinski definition) is 4. The first kappa shape index (κ1) is 22.6. The van der Waals surface area contributed by atoms with E-state index in [4.69, 9.17) is 9.51 Å². The van der Waals surface area contributed by atoms with Crippen LogP contribution < -0.4 is 5.32 Å². The molecule has 0 aliphatic carbocycles. The van der Waals surface area contributed by atoms with E-state index >= 15 is 0 Å². The molecular weight excluding hydrogens is 436 g/mol. The number of urea groups is 1. The van der Waals surface area contributed by atoms with Gasteiger partial charge in [0.05, 0.1) is 18.2 Å².